The molecule has 12 heteroatoms. The Morgan fingerprint density at radius 2 is 2.08 bits per heavy atom. The summed E-state index contributed by atoms with van der Waals surface area (Å²) < 4.78 is 42.8. The van der Waals surface area contributed by atoms with Crippen LogP contribution in [0.25, 0.3) is 10.6 Å². The molecule has 1 aliphatic carbocycles. The number of rotatable bonds is 5. The molecule has 1 aromatic carbocycles. The maximum atomic E-state index is 14.0. The van der Waals surface area contributed by atoms with Crippen molar-refractivity contribution in [2.45, 2.75) is 37.3 Å². The number of benzene rings is 1. The Bertz CT molecular complexity index is 1380. The van der Waals surface area contributed by atoms with E-state index in [1.54, 1.807) is 6.07 Å². The van der Waals surface area contributed by atoms with Crippen LogP contribution in [0.3, 0.4) is 0 Å². The number of carbonyl (C=O) groups is 1. The van der Waals surface area contributed by atoms with Gasteiger partial charge in [0.1, 0.15) is 0 Å². The number of carbonyl (C=O) groups excluding carboxylic acids is 1. The summed E-state index contributed by atoms with van der Waals surface area (Å²) in [4.78, 5) is 24.3. The summed E-state index contributed by atoms with van der Waals surface area (Å²) in [5, 5.41) is 7.60. The number of hydrogen-bond acceptors (Lipinski definition) is 6. The van der Waals surface area contributed by atoms with Crippen LogP contribution in [0.15, 0.2) is 24.4 Å². The van der Waals surface area contributed by atoms with E-state index in [0.29, 0.717) is 32.9 Å². The van der Waals surface area contributed by atoms with E-state index in [1.807, 2.05) is 17.0 Å². The van der Waals surface area contributed by atoms with Crippen LogP contribution in [-0.4, -0.2) is 55.4 Å². The number of thiophene rings is 1. The van der Waals surface area contributed by atoms with E-state index in [9.17, 15) is 18.0 Å². The third-order valence-electron chi connectivity index (χ3n) is 6.72. The third-order valence-corrected chi connectivity index (χ3v) is 10.6. The number of hydrogen-bond donors (Lipinski definition) is 2. The average molecular weight is 613 g/mol. The molecule has 3 aliphatic rings. The number of halogens is 4. The van der Waals surface area contributed by atoms with Crippen molar-refractivity contribution in [1.82, 2.24) is 20.2 Å². The summed E-state index contributed by atoms with van der Waals surface area (Å²) in [6, 6.07) is 5.48. The number of fused-ring (bicyclic) bond motifs is 2. The van der Waals surface area contributed by atoms with Gasteiger partial charge in [0.2, 0.25) is 0 Å². The van der Waals surface area contributed by atoms with Crippen molar-refractivity contribution < 1.29 is 18.0 Å². The third kappa shape index (κ3) is 5.25. The maximum absolute atomic E-state index is 14.0. The molecule has 194 valence electrons. The Balaban J connectivity index is 1.36. The Morgan fingerprint density at radius 1 is 1.24 bits per heavy atom. The van der Waals surface area contributed by atoms with Crippen LogP contribution in [0.5, 0.6) is 0 Å². The second-order valence-corrected chi connectivity index (χ2v) is 13.3. The fourth-order valence-corrected chi connectivity index (χ4v) is 8.59. The van der Waals surface area contributed by atoms with Crippen LogP contribution < -0.4 is 15.1 Å². The molecule has 0 saturated heterocycles. The quantitative estimate of drug-likeness (QED) is 0.402. The van der Waals surface area contributed by atoms with E-state index in [1.165, 1.54) is 0 Å². The molecule has 6 nitrogen and oxygen atoms in total. The minimum atomic E-state index is -4.64. The molecule has 1 saturated carbocycles. The molecule has 0 radical (unpaired) electrons. The van der Waals surface area contributed by atoms with Crippen molar-refractivity contribution in [1.29, 1.82) is 0 Å². The molecule has 2 aromatic heterocycles. The normalized spacial score (nSPS) is 17.8. The summed E-state index contributed by atoms with van der Waals surface area (Å²) in [6.45, 7) is 3.00. The summed E-state index contributed by atoms with van der Waals surface area (Å²) >= 11 is 7.57. The van der Waals surface area contributed by atoms with E-state index >= 15 is 0 Å². The van der Waals surface area contributed by atoms with Crippen LogP contribution >= 0.6 is 22.9 Å². The summed E-state index contributed by atoms with van der Waals surface area (Å²) in [5.41, 5.74) is 1.62. The molecule has 3 aromatic rings. The Hall–Kier alpha value is -2.17. The SMILES string of the molecule is O=C1c2sc(-c3nc(Nc4cc5c(cc4Cl)CNCC5)ncc3C(F)(F)F)cc2[Se]CCN1CC1CC1. The van der Waals surface area contributed by atoms with Gasteiger partial charge in [0, 0.05) is 0 Å². The van der Waals surface area contributed by atoms with Crippen molar-refractivity contribution in [3.05, 3.63) is 51.0 Å². The molecular weight excluding hydrogens is 590 g/mol. The van der Waals surface area contributed by atoms with Crippen molar-refractivity contribution in [2.24, 2.45) is 5.92 Å². The van der Waals surface area contributed by atoms with E-state index in [-0.39, 0.29) is 32.5 Å². The van der Waals surface area contributed by atoms with Crippen molar-refractivity contribution in [3.8, 4) is 10.6 Å². The molecule has 2 N–H and O–H groups in total. The van der Waals surface area contributed by atoms with Gasteiger partial charge >= 0.3 is 222 Å². The number of nitrogens with zero attached hydrogens (tertiary/aromatic N) is 3. The van der Waals surface area contributed by atoms with Gasteiger partial charge in [-0.15, -0.1) is 0 Å². The molecule has 1 amide bonds. The Kier molecular flexibility index (Phi) is 6.69. The Labute approximate surface area is 227 Å². The van der Waals surface area contributed by atoms with Gasteiger partial charge < -0.3 is 5.32 Å². The molecule has 4 heterocycles. The standard InChI is InChI=1S/C25H23ClF3N5OSSe/c26-17-7-15-10-30-4-3-14(15)8-18(17)32-24-31-11-16(25(27,28)29)21(33-24)19-9-20-22(36-19)23(35)34(5-6-37-20)12-13-1-2-13/h7-9,11,13,30H,1-6,10,12H2,(H,31,32,33). The molecule has 6 rings (SSSR count). The molecule has 37 heavy (non-hydrogen) atoms. The molecular formula is C25H23ClF3N5OSSe. The Morgan fingerprint density at radius 3 is 2.86 bits per heavy atom. The second-order valence-electron chi connectivity index (χ2n) is 9.45. The number of amides is 1. The number of nitrogens with one attached hydrogen (secondary N) is 2. The average Bonchev–Trinajstić information content (AvgIpc) is 3.61. The van der Waals surface area contributed by atoms with Crippen LogP contribution in [0.4, 0.5) is 24.8 Å². The molecule has 2 aliphatic heterocycles. The zero-order chi connectivity index (χ0) is 25.7. The minimum absolute atomic E-state index is 0.00998. The second kappa shape index (κ2) is 9.85. The summed E-state index contributed by atoms with van der Waals surface area (Å²) in [5.74, 6) is 0.500. The zero-order valence-electron chi connectivity index (χ0n) is 19.6. The van der Waals surface area contributed by atoms with Gasteiger partial charge in [-0.1, -0.05) is 0 Å². The molecule has 0 atom stereocenters. The van der Waals surface area contributed by atoms with Crippen LogP contribution in [0.1, 0.15) is 39.2 Å². The van der Waals surface area contributed by atoms with Crippen LogP contribution in [-0.2, 0) is 19.1 Å². The number of aromatic nitrogens is 2. The van der Waals surface area contributed by atoms with Gasteiger partial charge in [0.15, 0.2) is 0 Å². The summed E-state index contributed by atoms with van der Waals surface area (Å²) in [6.07, 6.45) is -0.742. The zero-order valence-corrected chi connectivity index (χ0v) is 22.9. The van der Waals surface area contributed by atoms with E-state index < -0.39 is 11.7 Å². The van der Waals surface area contributed by atoms with E-state index in [4.69, 9.17) is 11.6 Å². The monoisotopic (exact) mass is 613 g/mol. The molecule has 0 spiro atoms. The van der Waals surface area contributed by atoms with Gasteiger partial charge in [-0.05, 0) is 0 Å². The van der Waals surface area contributed by atoms with Gasteiger partial charge in [-0.2, -0.15) is 0 Å². The number of alkyl halides is 3. The topological polar surface area (TPSA) is 70.1 Å². The van der Waals surface area contributed by atoms with Gasteiger partial charge in [0.25, 0.3) is 0 Å². The molecule has 0 unspecified atom stereocenters. The predicted molar refractivity (Wildman–Crippen MR) is 139 cm³/mol. The van der Waals surface area contributed by atoms with Crippen molar-refractivity contribution in [2.75, 3.05) is 25.0 Å². The molecule has 1 fully saturated rings. The summed E-state index contributed by atoms with van der Waals surface area (Å²) in [7, 11) is 0. The first-order valence-electron chi connectivity index (χ1n) is 12.1. The van der Waals surface area contributed by atoms with Gasteiger partial charge in [-0.3, -0.25) is 0 Å². The first kappa shape index (κ1) is 25.1. The van der Waals surface area contributed by atoms with Crippen LogP contribution in [0.2, 0.25) is 10.3 Å². The van der Waals surface area contributed by atoms with E-state index in [2.05, 4.69) is 20.6 Å². The fourth-order valence-electron chi connectivity index (χ4n) is 4.60. The first-order chi connectivity index (χ1) is 17.8. The van der Waals surface area contributed by atoms with Gasteiger partial charge in [-0.25, -0.2) is 0 Å². The van der Waals surface area contributed by atoms with E-state index in [0.717, 1.165) is 77.3 Å². The fraction of sp³-hybridized carbons (Fsp3) is 0.400. The van der Waals surface area contributed by atoms with Crippen LogP contribution in [0, 0.1) is 5.92 Å². The number of anilines is 2. The van der Waals surface area contributed by atoms with Crippen molar-refractivity contribution >= 4 is 59.9 Å². The first-order valence-corrected chi connectivity index (χ1v) is 15.3. The molecule has 0 bridgehead atoms. The predicted octanol–water partition coefficient (Wildman–Crippen LogP) is 4.88. The van der Waals surface area contributed by atoms with Crippen molar-refractivity contribution in [3.63, 3.8) is 0 Å². The van der Waals surface area contributed by atoms with Gasteiger partial charge in [0.05, 0.1) is 0 Å².